The number of hydrogen-bond acceptors (Lipinski definition) is 7. The van der Waals surface area contributed by atoms with Crippen LogP contribution in [0.3, 0.4) is 0 Å². The molecule has 144 valence electrons. The molecule has 0 bridgehead atoms. The molecule has 0 fully saturated rings. The summed E-state index contributed by atoms with van der Waals surface area (Å²) in [5, 5.41) is 43.0. The monoisotopic (exact) mass is 389 g/mol. The zero-order chi connectivity index (χ0) is 20.2. The molecule has 0 saturated carbocycles. The van der Waals surface area contributed by atoms with E-state index in [9.17, 15) is 10.2 Å². The Morgan fingerprint density at radius 1 is 0.926 bits per heavy atom. The molecule has 0 aliphatic carbocycles. The van der Waals surface area contributed by atoms with Gasteiger partial charge in [-0.3, -0.25) is 0 Å². The molecule has 27 heavy (non-hydrogen) atoms. The number of rotatable bonds is 4. The van der Waals surface area contributed by atoms with Crippen LogP contribution in [0, 0.1) is 0 Å². The summed E-state index contributed by atoms with van der Waals surface area (Å²) in [6.45, 7) is 4.92. The largest absolute Gasteiger partial charge is 0.631 e. The van der Waals surface area contributed by atoms with E-state index >= 15 is 0 Å². The Balaban J connectivity index is 0.000000596. The maximum absolute atomic E-state index is 10.4. The minimum Gasteiger partial charge on any atom is -0.402 e. The van der Waals surface area contributed by atoms with Crippen molar-refractivity contribution in [1.82, 2.24) is 4.98 Å². The normalized spacial score (nSPS) is 13.6. The van der Waals surface area contributed by atoms with Crippen molar-refractivity contribution in [1.29, 1.82) is 0 Å². The van der Waals surface area contributed by atoms with Gasteiger partial charge in [0.15, 0.2) is 0 Å². The van der Waals surface area contributed by atoms with E-state index in [0.29, 0.717) is 6.42 Å². The van der Waals surface area contributed by atoms with E-state index in [2.05, 4.69) is 11.1 Å². The second kappa shape index (κ2) is 8.47. The lowest BCUT2D eigenvalue weighted by atomic mass is 9.82. The molecule has 6 nitrogen and oxygen atoms in total. The van der Waals surface area contributed by atoms with Crippen molar-refractivity contribution in [3.05, 3.63) is 54.1 Å². The Morgan fingerprint density at radius 3 is 2.00 bits per heavy atom. The van der Waals surface area contributed by atoms with Gasteiger partial charge in [-0.1, -0.05) is 36.4 Å². The minimum absolute atomic E-state index is 0.399. The van der Waals surface area contributed by atoms with Gasteiger partial charge in [0, 0.05) is 12.0 Å². The predicted molar refractivity (Wildman–Crippen MR) is 108 cm³/mol. The second-order valence-corrected chi connectivity index (χ2v) is 8.07. The van der Waals surface area contributed by atoms with Crippen LogP contribution in [0.15, 0.2) is 48.5 Å². The lowest BCUT2D eigenvalue weighted by molar-refractivity contribution is -0.118. The summed E-state index contributed by atoms with van der Waals surface area (Å²) >= 11 is 1.67. The van der Waals surface area contributed by atoms with Crippen LogP contribution in [-0.4, -0.2) is 48.8 Å². The first-order valence-corrected chi connectivity index (χ1v) is 9.25. The lowest BCUT2D eigenvalue weighted by Crippen LogP contribution is -2.49. The summed E-state index contributed by atoms with van der Waals surface area (Å²) in [7, 11) is -2.17. The quantitative estimate of drug-likeness (QED) is 0.436. The van der Waals surface area contributed by atoms with Gasteiger partial charge in [-0.2, -0.15) is 0 Å². The maximum Gasteiger partial charge on any atom is 0.631 e. The average Bonchev–Trinajstić information content (AvgIpc) is 2.97. The topological polar surface area (TPSA) is 114 Å². The molecule has 1 aromatic heterocycles. The number of aromatic nitrogens is 1. The molecule has 0 radical (unpaired) electrons. The van der Waals surface area contributed by atoms with Crippen molar-refractivity contribution < 1.29 is 25.3 Å². The molecular formula is C19H24BNO5S. The Kier molecular flexibility index (Phi) is 6.75. The molecule has 2 aromatic carbocycles. The van der Waals surface area contributed by atoms with Crippen LogP contribution < -0.4 is 0 Å². The fourth-order valence-electron chi connectivity index (χ4n) is 2.37. The lowest BCUT2D eigenvalue weighted by Gasteiger charge is -2.35. The molecule has 1 atom stereocenters. The van der Waals surface area contributed by atoms with Crippen molar-refractivity contribution in [3.8, 4) is 10.6 Å². The Hall–Kier alpha value is -1.81. The van der Waals surface area contributed by atoms with Crippen molar-refractivity contribution in [3.63, 3.8) is 0 Å². The molecule has 0 amide bonds. The number of thiazole rings is 1. The van der Waals surface area contributed by atoms with Crippen LogP contribution in [-0.2, 0) is 6.42 Å². The summed E-state index contributed by atoms with van der Waals surface area (Å²) < 4.78 is 1.18. The highest BCUT2D eigenvalue weighted by molar-refractivity contribution is 7.21. The molecule has 5 N–H and O–H groups in total. The average molecular weight is 389 g/mol. The van der Waals surface area contributed by atoms with Crippen LogP contribution in [0.4, 0.5) is 0 Å². The van der Waals surface area contributed by atoms with Gasteiger partial charge in [0.25, 0.3) is 0 Å². The highest BCUT2D eigenvalue weighted by Crippen LogP contribution is 2.31. The molecule has 0 spiro atoms. The molecule has 3 rings (SSSR count). The highest BCUT2D eigenvalue weighted by atomic mass is 32.1. The summed E-state index contributed by atoms with van der Waals surface area (Å²) in [6.07, 6.45) is 0.399. The number of aliphatic hydroxyl groups is 2. The number of nitrogens with zero attached hydrogens (tertiary/aromatic N) is 1. The number of benzene rings is 2. The van der Waals surface area contributed by atoms with E-state index in [1.165, 1.54) is 4.70 Å². The standard InChI is InChI=1S/C19H21NO2S.BH3O3/c1-18(2,21)19(3,22)12-13-8-10-14(11-9-13)17-20-15-6-4-5-7-16(15)23-17;2-1(3)4/h4-11,21-22H,12H2,1-3H3;2-4H. The van der Waals surface area contributed by atoms with Crippen LogP contribution in [0.1, 0.15) is 26.3 Å². The van der Waals surface area contributed by atoms with Crippen molar-refractivity contribution in [2.75, 3.05) is 0 Å². The third kappa shape index (κ3) is 5.84. The SMILES string of the molecule is CC(C)(O)C(C)(O)Cc1ccc(-c2nc3ccccc3s2)cc1.OB(O)O. The third-order valence-electron chi connectivity index (χ3n) is 4.36. The number of para-hydroxylation sites is 1. The van der Waals surface area contributed by atoms with Crippen LogP contribution >= 0.6 is 11.3 Å². The van der Waals surface area contributed by atoms with Crippen molar-refractivity contribution in [2.24, 2.45) is 0 Å². The predicted octanol–water partition coefficient (Wildman–Crippen LogP) is 1.98. The van der Waals surface area contributed by atoms with Gasteiger partial charge in [0.2, 0.25) is 0 Å². The number of hydrogen-bond donors (Lipinski definition) is 5. The van der Waals surface area contributed by atoms with Gasteiger partial charge in [0.05, 0.1) is 21.4 Å². The van der Waals surface area contributed by atoms with Gasteiger partial charge in [-0.15, -0.1) is 11.3 Å². The van der Waals surface area contributed by atoms with E-state index in [0.717, 1.165) is 21.7 Å². The maximum atomic E-state index is 10.4. The van der Waals surface area contributed by atoms with Gasteiger partial charge >= 0.3 is 7.32 Å². The summed E-state index contributed by atoms with van der Waals surface area (Å²) in [4.78, 5) is 4.66. The first kappa shape index (κ1) is 21.5. The molecule has 0 saturated heterocycles. The van der Waals surface area contributed by atoms with Crippen LogP contribution in [0.25, 0.3) is 20.8 Å². The first-order chi connectivity index (χ1) is 12.5. The molecule has 1 heterocycles. The molecular weight excluding hydrogens is 365 g/mol. The Bertz CT molecular complexity index is 836. The van der Waals surface area contributed by atoms with Gasteiger partial charge in [-0.05, 0) is 38.5 Å². The Labute approximate surface area is 162 Å². The van der Waals surface area contributed by atoms with Crippen LogP contribution in [0.5, 0.6) is 0 Å². The third-order valence-corrected chi connectivity index (χ3v) is 5.45. The van der Waals surface area contributed by atoms with Crippen molar-refractivity contribution >= 4 is 28.9 Å². The van der Waals surface area contributed by atoms with Gasteiger partial charge in [0.1, 0.15) is 5.01 Å². The summed E-state index contributed by atoms with van der Waals surface area (Å²) in [6, 6.07) is 16.1. The second-order valence-electron chi connectivity index (χ2n) is 7.04. The molecule has 0 aliphatic rings. The Morgan fingerprint density at radius 2 is 1.48 bits per heavy atom. The molecule has 3 aromatic rings. The molecule has 8 heteroatoms. The van der Waals surface area contributed by atoms with Gasteiger partial charge in [-0.25, -0.2) is 4.98 Å². The zero-order valence-corrected chi connectivity index (χ0v) is 16.3. The summed E-state index contributed by atoms with van der Waals surface area (Å²) in [5.41, 5.74) is 0.740. The van der Waals surface area contributed by atoms with E-state index in [1.54, 1.807) is 32.1 Å². The zero-order valence-electron chi connectivity index (χ0n) is 15.5. The molecule has 0 aliphatic heterocycles. The first-order valence-electron chi connectivity index (χ1n) is 8.43. The fourth-order valence-corrected chi connectivity index (χ4v) is 3.35. The van der Waals surface area contributed by atoms with E-state index in [-0.39, 0.29) is 0 Å². The van der Waals surface area contributed by atoms with Crippen LogP contribution in [0.2, 0.25) is 0 Å². The van der Waals surface area contributed by atoms with Crippen molar-refractivity contribution in [2.45, 2.75) is 38.4 Å². The van der Waals surface area contributed by atoms with E-state index in [1.807, 2.05) is 42.5 Å². The minimum atomic E-state index is -2.17. The van der Waals surface area contributed by atoms with E-state index in [4.69, 9.17) is 15.1 Å². The smallest absolute Gasteiger partial charge is 0.402 e. The van der Waals surface area contributed by atoms with E-state index < -0.39 is 18.5 Å². The van der Waals surface area contributed by atoms with Gasteiger partial charge < -0.3 is 25.3 Å². The highest BCUT2D eigenvalue weighted by Gasteiger charge is 2.37. The number of fused-ring (bicyclic) bond motifs is 1. The summed E-state index contributed by atoms with van der Waals surface area (Å²) in [5.74, 6) is 0. The fraction of sp³-hybridized carbons (Fsp3) is 0.316. The molecule has 1 unspecified atom stereocenters.